The molecule has 0 radical (unpaired) electrons. The van der Waals surface area contributed by atoms with E-state index in [1.54, 1.807) is 18.2 Å². The standard InChI is InChI=1S/C12H17NO5/c1-12(13,11(14)15)7-18-10-5-8(16-2)4-9(6-10)17-3/h4-6H,7,13H2,1-3H3,(H,14,15). The monoisotopic (exact) mass is 255 g/mol. The Morgan fingerprint density at radius 1 is 1.22 bits per heavy atom. The first kappa shape index (κ1) is 14.1. The van der Waals surface area contributed by atoms with E-state index in [0.29, 0.717) is 17.2 Å². The van der Waals surface area contributed by atoms with Crippen molar-refractivity contribution < 1.29 is 24.1 Å². The van der Waals surface area contributed by atoms with E-state index in [-0.39, 0.29) is 6.61 Å². The van der Waals surface area contributed by atoms with Crippen LogP contribution in [0.1, 0.15) is 6.92 Å². The summed E-state index contributed by atoms with van der Waals surface area (Å²) in [7, 11) is 3.03. The second-order valence-electron chi connectivity index (χ2n) is 4.06. The number of nitrogens with two attached hydrogens (primary N) is 1. The third kappa shape index (κ3) is 3.53. The summed E-state index contributed by atoms with van der Waals surface area (Å²) in [6.45, 7) is 1.23. The molecule has 6 nitrogen and oxygen atoms in total. The summed E-state index contributed by atoms with van der Waals surface area (Å²) in [6, 6.07) is 4.94. The number of carboxylic acids is 1. The summed E-state index contributed by atoms with van der Waals surface area (Å²) in [4.78, 5) is 10.8. The van der Waals surface area contributed by atoms with Crippen LogP contribution in [0.4, 0.5) is 0 Å². The number of aliphatic carboxylic acids is 1. The lowest BCUT2D eigenvalue weighted by Gasteiger charge is -2.20. The van der Waals surface area contributed by atoms with Crippen molar-refractivity contribution in [1.82, 2.24) is 0 Å². The average Bonchev–Trinajstić information content (AvgIpc) is 2.35. The molecule has 0 aromatic heterocycles. The van der Waals surface area contributed by atoms with Gasteiger partial charge in [-0.25, -0.2) is 0 Å². The molecule has 0 amide bonds. The summed E-state index contributed by atoms with van der Waals surface area (Å²) < 4.78 is 15.5. The largest absolute Gasteiger partial charge is 0.496 e. The van der Waals surface area contributed by atoms with Gasteiger partial charge in [0.15, 0.2) is 0 Å². The highest BCUT2D eigenvalue weighted by molar-refractivity contribution is 5.78. The molecule has 0 saturated heterocycles. The van der Waals surface area contributed by atoms with Crippen LogP contribution in [0.5, 0.6) is 17.2 Å². The number of hydrogen-bond acceptors (Lipinski definition) is 5. The third-order valence-corrected chi connectivity index (χ3v) is 2.35. The van der Waals surface area contributed by atoms with Gasteiger partial charge in [-0.1, -0.05) is 0 Å². The third-order valence-electron chi connectivity index (χ3n) is 2.35. The molecule has 0 spiro atoms. The fourth-order valence-corrected chi connectivity index (χ4v) is 1.16. The van der Waals surface area contributed by atoms with Crippen molar-refractivity contribution in [2.24, 2.45) is 5.73 Å². The van der Waals surface area contributed by atoms with Crippen molar-refractivity contribution in [2.45, 2.75) is 12.5 Å². The molecular formula is C12H17NO5. The molecule has 1 atom stereocenters. The van der Waals surface area contributed by atoms with Crippen LogP contribution in [0.15, 0.2) is 18.2 Å². The van der Waals surface area contributed by atoms with Crippen LogP contribution in [0, 0.1) is 0 Å². The molecule has 18 heavy (non-hydrogen) atoms. The summed E-state index contributed by atoms with van der Waals surface area (Å²) >= 11 is 0. The van der Waals surface area contributed by atoms with Crippen LogP contribution >= 0.6 is 0 Å². The molecule has 0 bridgehead atoms. The molecule has 100 valence electrons. The molecule has 0 heterocycles. The van der Waals surface area contributed by atoms with Crippen molar-refractivity contribution in [2.75, 3.05) is 20.8 Å². The van der Waals surface area contributed by atoms with E-state index < -0.39 is 11.5 Å². The first-order chi connectivity index (χ1) is 8.39. The van der Waals surface area contributed by atoms with Gasteiger partial charge in [0.25, 0.3) is 0 Å². The first-order valence-electron chi connectivity index (χ1n) is 5.27. The highest BCUT2D eigenvalue weighted by atomic mass is 16.5. The molecule has 0 aliphatic rings. The van der Waals surface area contributed by atoms with E-state index in [1.807, 2.05) is 0 Å². The second kappa shape index (κ2) is 5.59. The molecule has 1 aromatic rings. The molecule has 6 heteroatoms. The van der Waals surface area contributed by atoms with Crippen molar-refractivity contribution in [3.63, 3.8) is 0 Å². The highest BCUT2D eigenvalue weighted by Crippen LogP contribution is 2.27. The normalized spacial score (nSPS) is 13.6. The highest BCUT2D eigenvalue weighted by Gasteiger charge is 2.29. The molecule has 0 saturated carbocycles. The number of ether oxygens (including phenoxy) is 3. The SMILES string of the molecule is COc1cc(OC)cc(OCC(C)(N)C(=O)O)c1. The number of carbonyl (C=O) groups is 1. The van der Waals surface area contributed by atoms with Crippen LogP contribution in [-0.4, -0.2) is 37.4 Å². The minimum atomic E-state index is -1.45. The van der Waals surface area contributed by atoms with E-state index in [1.165, 1.54) is 21.1 Å². The number of methoxy groups -OCH3 is 2. The summed E-state index contributed by atoms with van der Waals surface area (Å²) in [6.07, 6.45) is 0. The molecule has 0 aliphatic heterocycles. The smallest absolute Gasteiger partial charge is 0.326 e. The van der Waals surface area contributed by atoms with Crippen molar-refractivity contribution in [3.05, 3.63) is 18.2 Å². The number of rotatable bonds is 6. The summed E-state index contributed by atoms with van der Waals surface area (Å²) in [5.74, 6) is 0.415. The Morgan fingerprint density at radius 2 is 1.67 bits per heavy atom. The number of hydrogen-bond donors (Lipinski definition) is 2. The Bertz CT molecular complexity index is 408. The van der Waals surface area contributed by atoms with Crippen LogP contribution in [0.25, 0.3) is 0 Å². The van der Waals surface area contributed by atoms with E-state index in [4.69, 9.17) is 25.1 Å². The van der Waals surface area contributed by atoms with Crippen molar-refractivity contribution in [1.29, 1.82) is 0 Å². The van der Waals surface area contributed by atoms with Crippen molar-refractivity contribution in [3.8, 4) is 17.2 Å². The zero-order valence-electron chi connectivity index (χ0n) is 10.6. The minimum Gasteiger partial charge on any atom is -0.496 e. The maximum atomic E-state index is 10.8. The van der Waals surface area contributed by atoms with Gasteiger partial charge in [0.2, 0.25) is 0 Å². The van der Waals surface area contributed by atoms with Gasteiger partial charge >= 0.3 is 5.97 Å². The Hall–Kier alpha value is -1.95. The Balaban J connectivity index is 2.81. The molecule has 1 aromatic carbocycles. The quantitative estimate of drug-likeness (QED) is 0.784. The Kier molecular flexibility index (Phi) is 4.38. The van der Waals surface area contributed by atoms with Gasteiger partial charge in [0.05, 0.1) is 14.2 Å². The van der Waals surface area contributed by atoms with Crippen LogP contribution in [0.2, 0.25) is 0 Å². The number of benzene rings is 1. The summed E-state index contributed by atoms with van der Waals surface area (Å²) in [5, 5.41) is 8.87. The van der Waals surface area contributed by atoms with E-state index in [2.05, 4.69) is 0 Å². The maximum absolute atomic E-state index is 10.8. The average molecular weight is 255 g/mol. The Morgan fingerprint density at radius 3 is 2.06 bits per heavy atom. The summed E-state index contributed by atoms with van der Waals surface area (Å²) in [5.41, 5.74) is 4.11. The minimum absolute atomic E-state index is 0.154. The molecule has 1 unspecified atom stereocenters. The molecule has 0 aliphatic carbocycles. The van der Waals surface area contributed by atoms with Crippen LogP contribution < -0.4 is 19.9 Å². The topological polar surface area (TPSA) is 91.0 Å². The van der Waals surface area contributed by atoms with Gasteiger partial charge in [0, 0.05) is 18.2 Å². The lowest BCUT2D eigenvalue weighted by atomic mass is 10.1. The van der Waals surface area contributed by atoms with Gasteiger partial charge in [0.1, 0.15) is 29.4 Å². The lowest BCUT2D eigenvalue weighted by molar-refractivity contribution is -0.143. The molecule has 3 N–H and O–H groups in total. The lowest BCUT2D eigenvalue weighted by Crippen LogP contribution is -2.49. The molecular weight excluding hydrogens is 238 g/mol. The zero-order valence-corrected chi connectivity index (χ0v) is 10.6. The van der Waals surface area contributed by atoms with Crippen LogP contribution in [0.3, 0.4) is 0 Å². The van der Waals surface area contributed by atoms with Gasteiger partial charge < -0.3 is 25.1 Å². The predicted octanol–water partition coefficient (Wildman–Crippen LogP) is 0.885. The van der Waals surface area contributed by atoms with E-state index in [9.17, 15) is 4.79 Å². The van der Waals surface area contributed by atoms with Gasteiger partial charge in [-0.15, -0.1) is 0 Å². The van der Waals surface area contributed by atoms with Gasteiger partial charge in [-0.3, -0.25) is 4.79 Å². The van der Waals surface area contributed by atoms with Gasteiger partial charge in [-0.2, -0.15) is 0 Å². The van der Waals surface area contributed by atoms with Crippen LogP contribution in [-0.2, 0) is 4.79 Å². The number of carboxylic acid groups (broad SMARTS) is 1. The van der Waals surface area contributed by atoms with Gasteiger partial charge in [-0.05, 0) is 6.92 Å². The Labute approximate surface area is 105 Å². The molecule has 1 rings (SSSR count). The fourth-order valence-electron chi connectivity index (χ4n) is 1.16. The second-order valence-corrected chi connectivity index (χ2v) is 4.06. The van der Waals surface area contributed by atoms with E-state index in [0.717, 1.165) is 0 Å². The fraction of sp³-hybridized carbons (Fsp3) is 0.417. The maximum Gasteiger partial charge on any atom is 0.326 e. The first-order valence-corrected chi connectivity index (χ1v) is 5.27. The molecule has 0 fully saturated rings. The van der Waals surface area contributed by atoms with Crippen molar-refractivity contribution >= 4 is 5.97 Å². The zero-order chi connectivity index (χ0) is 13.8. The van der Waals surface area contributed by atoms with E-state index >= 15 is 0 Å². The predicted molar refractivity (Wildman–Crippen MR) is 65.3 cm³/mol.